The van der Waals surface area contributed by atoms with Crippen LogP contribution in [0.25, 0.3) is 10.8 Å². The maximum absolute atomic E-state index is 13.9. The number of hydrogen-bond acceptors (Lipinski definition) is 6. The zero-order chi connectivity index (χ0) is 29.1. The highest BCUT2D eigenvalue weighted by molar-refractivity contribution is 7.80. The number of nitrogens with one attached hydrogen (secondary N) is 2. The van der Waals surface area contributed by atoms with Crippen LogP contribution in [0.5, 0.6) is 0 Å². The number of thiol groups is 1. The van der Waals surface area contributed by atoms with Crippen LogP contribution in [0.3, 0.4) is 0 Å². The fourth-order valence-corrected chi connectivity index (χ4v) is 6.05. The number of nitrogens with zero attached hydrogens (tertiary/aromatic N) is 2. The number of carbonyl (C=O) groups excluding carboxylic acids is 3. The quantitative estimate of drug-likeness (QED) is 0.317. The van der Waals surface area contributed by atoms with Crippen molar-refractivity contribution in [3.05, 3.63) is 42.2 Å². The second-order valence-corrected chi connectivity index (χ2v) is 12.7. The highest BCUT2D eigenvalue weighted by Crippen LogP contribution is 2.65. The Hall–Kier alpha value is -2.86. The molecule has 39 heavy (non-hydrogen) atoms. The Morgan fingerprint density at radius 1 is 1.13 bits per heavy atom. The molecule has 212 valence electrons. The summed E-state index contributed by atoms with van der Waals surface area (Å²) in [5, 5.41) is 5.67. The minimum Gasteiger partial charge on any atom is -0.345 e. The minimum absolute atomic E-state index is 0.0153. The van der Waals surface area contributed by atoms with Gasteiger partial charge in [-0.05, 0) is 28.1 Å². The average Bonchev–Trinajstić information content (AvgIpc) is 3.16. The summed E-state index contributed by atoms with van der Waals surface area (Å²) in [6, 6.07) is 4.26. The zero-order valence-corrected chi connectivity index (χ0v) is 23.3. The highest BCUT2D eigenvalue weighted by atomic mass is 32.1. The normalized spacial score (nSPS) is 24.5. The third-order valence-corrected chi connectivity index (χ3v) is 8.38. The summed E-state index contributed by atoms with van der Waals surface area (Å²) < 4.78 is 39.2. The van der Waals surface area contributed by atoms with Gasteiger partial charge in [-0.15, -0.1) is 0 Å². The molecule has 4 rings (SSSR count). The number of benzene rings is 1. The molecule has 0 spiro atoms. The summed E-state index contributed by atoms with van der Waals surface area (Å²) in [5.41, 5.74) is 5.54. The molecule has 1 saturated carbocycles. The molecule has 2 aromatic rings. The van der Waals surface area contributed by atoms with E-state index in [2.05, 4.69) is 22.9 Å². The van der Waals surface area contributed by atoms with Crippen LogP contribution in [-0.2, 0) is 14.4 Å². The summed E-state index contributed by atoms with van der Waals surface area (Å²) in [6.45, 7) is 8.86. The van der Waals surface area contributed by atoms with Crippen molar-refractivity contribution in [3.8, 4) is 0 Å². The number of halogens is 3. The van der Waals surface area contributed by atoms with Crippen LogP contribution in [0.4, 0.5) is 13.2 Å². The molecule has 0 radical (unpaired) electrons. The van der Waals surface area contributed by atoms with Crippen molar-refractivity contribution in [2.45, 2.75) is 64.3 Å². The third-order valence-electron chi connectivity index (χ3n) is 8.08. The van der Waals surface area contributed by atoms with Crippen molar-refractivity contribution in [3.63, 3.8) is 0 Å². The third kappa shape index (κ3) is 5.45. The van der Waals surface area contributed by atoms with Gasteiger partial charge in [0, 0.05) is 29.9 Å². The van der Waals surface area contributed by atoms with Gasteiger partial charge in [0.1, 0.15) is 12.1 Å². The molecule has 4 N–H and O–H groups in total. The van der Waals surface area contributed by atoms with Gasteiger partial charge in [0.25, 0.3) is 0 Å². The molecule has 1 aliphatic carbocycles. The van der Waals surface area contributed by atoms with E-state index in [9.17, 15) is 27.6 Å². The fraction of sp³-hybridized carbons (Fsp3) is 0.556. The number of alkyl halides is 3. The first kappa shape index (κ1) is 29.1. The van der Waals surface area contributed by atoms with Gasteiger partial charge in [-0.1, -0.05) is 58.9 Å². The number of pyridine rings is 1. The molecule has 3 amide bonds. The fourth-order valence-electron chi connectivity index (χ4n) is 5.81. The van der Waals surface area contributed by atoms with E-state index in [1.165, 1.54) is 4.90 Å². The molecular formula is C27H34F3N5O3S. The molecule has 8 nitrogen and oxygen atoms in total. The first-order valence-electron chi connectivity index (χ1n) is 12.7. The number of piperidine rings is 1. The van der Waals surface area contributed by atoms with Gasteiger partial charge in [-0.2, -0.15) is 25.8 Å². The van der Waals surface area contributed by atoms with Gasteiger partial charge in [-0.3, -0.25) is 19.4 Å². The molecule has 1 aliphatic heterocycles. The van der Waals surface area contributed by atoms with E-state index >= 15 is 0 Å². The van der Waals surface area contributed by atoms with Crippen LogP contribution in [0.1, 0.15) is 46.2 Å². The standard InChI is InChI=1S/C27H34F3N5O3S/c1-25(2,3)20(34-24(38)27(28,29)30)23(37)35-12-16-17(26(16,4)5)19(35)22(36)33-18(21(31)39)15-11-32-10-13-8-6-7-9-14(13)15/h6-11,16-21,39H,12,31H2,1-5H3,(H,33,36)(H,34,38)/t16-,17-,18-,19-,20-,21-/m0/s1. The van der Waals surface area contributed by atoms with Gasteiger partial charge in [0.15, 0.2) is 0 Å². The Kier molecular flexibility index (Phi) is 7.44. The summed E-state index contributed by atoms with van der Waals surface area (Å²) in [6.07, 6.45) is -1.86. The van der Waals surface area contributed by atoms with Crippen molar-refractivity contribution >= 4 is 41.1 Å². The van der Waals surface area contributed by atoms with E-state index in [1.54, 1.807) is 33.2 Å². The largest absolute Gasteiger partial charge is 0.471 e. The number of carbonyl (C=O) groups is 3. The van der Waals surface area contributed by atoms with Gasteiger partial charge in [-0.25, -0.2) is 0 Å². The molecule has 2 fully saturated rings. The number of hydrogen-bond donors (Lipinski definition) is 4. The molecule has 1 saturated heterocycles. The van der Waals surface area contributed by atoms with Gasteiger partial charge in [0.2, 0.25) is 11.8 Å². The molecule has 6 atom stereocenters. The predicted octanol–water partition coefficient (Wildman–Crippen LogP) is 3.18. The highest BCUT2D eigenvalue weighted by Gasteiger charge is 2.70. The first-order chi connectivity index (χ1) is 18.0. The Morgan fingerprint density at radius 3 is 2.36 bits per heavy atom. The van der Waals surface area contributed by atoms with Crippen LogP contribution in [-0.4, -0.2) is 57.8 Å². The van der Waals surface area contributed by atoms with E-state index < -0.39 is 52.8 Å². The SMILES string of the molecule is CC(C)(C)[C@@H](NC(=O)C(F)(F)F)C(=O)N1C[C@H]2[C@@H]([C@H]1C(=O)N[C@@H](c1cncc3ccccc13)[C@@H](N)S)C2(C)C. The Labute approximate surface area is 230 Å². The predicted molar refractivity (Wildman–Crippen MR) is 143 cm³/mol. The molecule has 1 aromatic heterocycles. The van der Waals surface area contributed by atoms with Crippen molar-refractivity contribution in [1.82, 2.24) is 20.5 Å². The summed E-state index contributed by atoms with van der Waals surface area (Å²) in [5.74, 6) is -3.65. The zero-order valence-electron chi connectivity index (χ0n) is 22.4. The molecule has 1 aromatic carbocycles. The van der Waals surface area contributed by atoms with Crippen molar-refractivity contribution in [2.75, 3.05) is 6.54 Å². The van der Waals surface area contributed by atoms with E-state index in [4.69, 9.17) is 5.73 Å². The van der Waals surface area contributed by atoms with Crippen LogP contribution < -0.4 is 16.4 Å². The molecule has 2 aliphatic rings. The van der Waals surface area contributed by atoms with Crippen LogP contribution >= 0.6 is 12.6 Å². The maximum atomic E-state index is 13.9. The van der Waals surface area contributed by atoms with Gasteiger partial charge in [0.05, 0.1) is 11.4 Å². The number of fused-ring (bicyclic) bond motifs is 2. The topological polar surface area (TPSA) is 117 Å². The second kappa shape index (κ2) is 9.96. The summed E-state index contributed by atoms with van der Waals surface area (Å²) in [4.78, 5) is 45.0. The number of aromatic nitrogens is 1. The lowest BCUT2D eigenvalue weighted by atomic mass is 9.85. The first-order valence-corrected chi connectivity index (χ1v) is 13.2. The number of rotatable bonds is 6. The molecule has 12 heteroatoms. The lowest BCUT2D eigenvalue weighted by Gasteiger charge is -2.38. The van der Waals surface area contributed by atoms with E-state index in [1.807, 2.05) is 43.4 Å². The van der Waals surface area contributed by atoms with E-state index in [-0.39, 0.29) is 23.8 Å². The van der Waals surface area contributed by atoms with E-state index in [0.29, 0.717) is 5.56 Å². The van der Waals surface area contributed by atoms with Crippen LogP contribution in [0.2, 0.25) is 0 Å². The summed E-state index contributed by atoms with van der Waals surface area (Å²) in [7, 11) is 0. The molecule has 0 bridgehead atoms. The smallest absolute Gasteiger partial charge is 0.345 e. The molecule has 2 heterocycles. The second-order valence-electron chi connectivity index (χ2n) is 12.1. The van der Waals surface area contributed by atoms with E-state index in [0.717, 1.165) is 10.8 Å². The number of likely N-dealkylation sites (tertiary alicyclic amines) is 1. The van der Waals surface area contributed by atoms with Gasteiger partial charge >= 0.3 is 12.1 Å². The van der Waals surface area contributed by atoms with Crippen LogP contribution in [0, 0.1) is 22.7 Å². The van der Waals surface area contributed by atoms with Crippen molar-refractivity contribution in [2.24, 2.45) is 28.4 Å². The number of nitrogens with two attached hydrogens (primary N) is 1. The average molecular weight is 566 g/mol. The lowest BCUT2D eigenvalue weighted by Crippen LogP contribution is -2.61. The van der Waals surface area contributed by atoms with Gasteiger partial charge < -0.3 is 21.3 Å². The van der Waals surface area contributed by atoms with Crippen molar-refractivity contribution in [1.29, 1.82) is 0 Å². The van der Waals surface area contributed by atoms with Crippen molar-refractivity contribution < 1.29 is 27.6 Å². The Bertz CT molecular complexity index is 1290. The van der Waals surface area contributed by atoms with Crippen LogP contribution in [0.15, 0.2) is 36.7 Å². The molecule has 0 unspecified atom stereocenters. The lowest BCUT2D eigenvalue weighted by molar-refractivity contribution is -0.176. The summed E-state index contributed by atoms with van der Waals surface area (Å²) >= 11 is 4.41. The Balaban J connectivity index is 1.65. The number of amides is 3. The minimum atomic E-state index is -5.15. The maximum Gasteiger partial charge on any atom is 0.471 e. The molecular weight excluding hydrogens is 531 g/mol. The Morgan fingerprint density at radius 2 is 1.77 bits per heavy atom. The monoisotopic (exact) mass is 565 g/mol.